The van der Waals surface area contributed by atoms with Gasteiger partial charge in [-0.1, -0.05) is 4.49 Å². The SMILES string of the molecule is Cc1cnc(C(=O)N2CCCCC2C2CCN(C(=O)c3snnc3C)CC2)cn1. The van der Waals surface area contributed by atoms with Crippen LogP contribution >= 0.6 is 11.5 Å². The van der Waals surface area contributed by atoms with Gasteiger partial charge in [-0.2, -0.15) is 0 Å². The fourth-order valence-electron chi connectivity index (χ4n) is 4.41. The number of likely N-dealkylation sites (tertiary alicyclic amines) is 2. The smallest absolute Gasteiger partial charge is 0.274 e. The number of hydrogen-bond donors (Lipinski definition) is 0. The quantitative estimate of drug-likeness (QED) is 0.766. The second-order valence-corrected chi connectivity index (χ2v) is 8.68. The van der Waals surface area contributed by atoms with Gasteiger partial charge >= 0.3 is 0 Å². The van der Waals surface area contributed by atoms with Gasteiger partial charge in [-0.25, -0.2) is 4.98 Å². The van der Waals surface area contributed by atoms with Crippen molar-refractivity contribution in [3.8, 4) is 0 Å². The highest BCUT2D eigenvalue weighted by Gasteiger charge is 2.36. The van der Waals surface area contributed by atoms with Crippen LogP contribution in [-0.4, -0.2) is 66.8 Å². The van der Waals surface area contributed by atoms with Crippen LogP contribution in [0.15, 0.2) is 12.4 Å². The molecule has 4 heterocycles. The van der Waals surface area contributed by atoms with E-state index in [1.807, 2.05) is 23.6 Å². The maximum absolute atomic E-state index is 13.1. The standard InChI is InChI=1S/C20H26N6O2S/c1-13-11-22-16(12-21-13)19(27)26-8-4-3-5-17(26)15-6-9-25(10-7-15)20(28)18-14(2)23-24-29-18/h11-12,15,17H,3-10H2,1-2H3. The number of aryl methyl sites for hydroxylation is 2. The van der Waals surface area contributed by atoms with Crippen molar-refractivity contribution in [3.63, 3.8) is 0 Å². The van der Waals surface area contributed by atoms with Gasteiger partial charge in [0.25, 0.3) is 11.8 Å². The van der Waals surface area contributed by atoms with Crippen molar-refractivity contribution in [2.75, 3.05) is 19.6 Å². The molecule has 2 aliphatic rings. The molecule has 2 saturated heterocycles. The minimum absolute atomic E-state index is 0.0212. The maximum Gasteiger partial charge on any atom is 0.274 e. The third kappa shape index (κ3) is 4.14. The number of carbonyl (C=O) groups excluding carboxylic acids is 2. The van der Waals surface area contributed by atoms with Crippen LogP contribution < -0.4 is 0 Å². The molecule has 4 rings (SSSR count). The van der Waals surface area contributed by atoms with E-state index in [1.54, 1.807) is 12.4 Å². The zero-order valence-electron chi connectivity index (χ0n) is 16.9. The molecule has 0 saturated carbocycles. The van der Waals surface area contributed by atoms with E-state index in [-0.39, 0.29) is 17.9 Å². The van der Waals surface area contributed by atoms with Gasteiger partial charge in [0, 0.05) is 31.9 Å². The van der Waals surface area contributed by atoms with Crippen molar-refractivity contribution in [3.05, 3.63) is 34.4 Å². The average molecular weight is 415 g/mol. The van der Waals surface area contributed by atoms with E-state index < -0.39 is 0 Å². The van der Waals surface area contributed by atoms with Crippen LogP contribution in [0.4, 0.5) is 0 Å². The molecule has 2 aliphatic heterocycles. The highest BCUT2D eigenvalue weighted by Crippen LogP contribution is 2.32. The third-order valence-electron chi connectivity index (χ3n) is 6.03. The number of hydrogen-bond acceptors (Lipinski definition) is 7. The van der Waals surface area contributed by atoms with Crippen molar-refractivity contribution >= 4 is 23.3 Å². The molecule has 0 spiro atoms. The van der Waals surface area contributed by atoms with E-state index in [0.717, 1.165) is 55.9 Å². The maximum atomic E-state index is 13.1. The van der Waals surface area contributed by atoms with Gasteiger partial charge in [-0.15, -0.1) is 5.10 Å². The third-order valence-corrected chi connectivity index (χ3v) is 6.84. The van der Waals surface area contributed by atoms with Crippen LogP contribution in [-0.2, 0) is 0 Å². The summed E-state index contributed by atoms with van der Waals surface area (Å²) in [6, 6.07) is 0.211. The predicted molar refractivity (Wildman–Crippen MR) is 109 cm³/mol. The summed E-state index contributed by atoms with van der Waals surface area (Å²) >= 11 is 1.16. The fraction of sp³-hybridized carbons (Fsp3) is 0.600. The molecular weight excluding hydrogens is 388 g/mol. The van der Waals surface area contributed by atoms with Crippen molar-refractivity contribution in [2.45, 2.75) is 52.0 Å². The van der Waals surface area contributed by atoms with E-state index in [2.05, 4.69) is 19.6 Å². The lowest BCUT2D eigenvalue weighted by Gasteiger charge is -2.43. The van der Waals surface area contributed by atoms with E-state index in [4.69, 9.17) is 0 Å². The molecule has 0 aliphatic carbocycles. The molecule has 2 aromatic heterocycles. The first kappa shape index (κ1) is 19.9. The Balaban J connectivity index is 1.42. The van der Waals surface area contributed by atoms with Gasteiger partial charge in [-0.05, 0) is 63.4 Å². The van der Waals surface area contributed by atoms with Gasteiger partial charge in [0.05, 0.1) is 17.6 Å². The molecule has 0 N–H and O–H groups in total. The lowest BCUT2D eigenvalue weighted by molar-refractivity contribution is 0.0371. The average Bonchev–Trinajstić information content (AvgIpc) is 3.19. The lowest BCUT2D eigenvalue weighted by Crippen LogP contribution is -2.51. The Bertz CT molecular complexity index is 875. The van der Waals surface area contributed by atoms with Crippen LogP contribution in [0.5, 0.6) is 0 Å². The van der Waals surface area contributed by atoms with E-state index in [1.165, 1.54) is 0 Å². The van der Waals surface area contributed by atoms with Gasteiger partial charge in [0.2, 0.25) is 0 Å². The first-order valence-electron chi connectivity index (χ1n) is 10.2. The number of amides is 2. The molecular formula is C20H26N6O2S. The van der Waals surface area contributed by atoms with Crippen molar-refractivity contribution in [1.29, 1.82) is 0 Å². The second-order valence-electron chi connectivity index (χ2n) is 7.92. The number of carbonyl (C=O) groups is 2. The number of aromatic nitrogens is 4. The van der Waals surface area contributed by atoms with Crippen LogP contribution in [0.2, 0.25) is 0 Å². The summed E-state index contributed by atoms with van der Waals surface area (Å²) in [6.07, 6.45) is 8.22. The van der Waals surface area contributed by atoms with E-state index in [0.29, 0.717) is 35.3 Å². The Morgan fingerprint density at radius 2 is 1.79 bits per heavy atom. The van der Waals surface area contributed by atoms with E-state index in [9.17, 15) is 9.59 Å². The van der Waals surface area contributed by atoms with Crippen LogP contribution in [0.3, 0.4) is 0 Å². The molecule has 1 unspecified atom stereocenters. The molecule has 0 aromatic carbocycles. The summed E-state index contributed by atoms with van der Waals surface area (Å²) in [5.41, 5.74) is 1.92. The Hall–Kier alpha value is -2.42. The summed E-state index contributed by atoms with van der Waals surface area (Å²) in [5, 5.41) is 3.95. The minimum Gasteiger partial charge on any atom is -0.338 e. The monoisotopic (exact) mass is 414 g/mol. The Labute approximate surface area is 174 Å². The Kier molecular flexibility index (Phi) is 5.84. The molecule has 2 fully saturated rings. The topological polar surface area (TPSA) is 92.2 Å². The molecule has 9 heteroatoms. The summed E-state index contributed by atoms with van der Waals surface area (Å²) < 4.78 is 3.88. The molecule has 2 amide bonds. The first-order valence-corrected chi connectivity index (χ1v) is 11.0. The van der Waals surface area contributed by atoms with E-state index >= 15 is 0 Å². The van der Waals surface area contributed by atoms with Crippen molar-refractivity contribution in [1.82, 2.24) is 29.4 Å². The van der Waals surface area contributed by atoms with Crippen LogP contribution in [0.1, 0.15) is 63.7 Å². The van der Waals surface area contributed by atoms with Crippen LogP contribution in [0.25, 0.3) is 0 Å². The molecule has 2 aromatic rings. The highest BCUT2D eigenvalue weighted by atomic mass is 32.1. The normalized spacial score (nSPS) is 20.7. The molecule has 1 atom stereocenters. The Morgan fingerprint density at radius 3 is 2.45 bits per heavy atom. The van der Waals surface area contributed by atoms with Crippen LogP contribution in [0, 0.1) is 19.8 Å². The largest absolute Gasteiger partial charge is 0.338 e. The van der Waals surface area contributed by atoms with Gasteiger partial charge < -0.3 is 9.80 Å². The minimum atomic E-state index is -0.0212. The van der Waals surface area contributed by atoms with Crippen molar-refractivity contribution < 1.29 is 9.59 Å². The summed E-state index contributed by atoms with van der Waals surface area (Å²) in [7, 11) is 0. The van der Waals surface area contributed by atoms with Crippen molar-refractivity contribution in [2.24, 2.45) is 5.92 Å². The second kappa shape index (κ2) is 8.52. The summed E-state index contributed by atoms with van der Waals surface area (Å²) in [6.45, 7) is 5.88. The van der Waals surface area contributed by atoms with Gasteiger partial charge in [-0.3, -0.25) is 14.6 Å². The number of nitrogens with zero attached hydrogens (tertiary/aromatic N) is 6. The summed E-state index contributed by atoms with van der Waals surface area (Å²) in [5.74, 6) is 0.414. The first-order chi connectivity index (χ1) is 14.0. The molecule has 154 valence electrons. The number of rotatable bonds is 3. The fourth-order valence-corrected chi connectivity index (χ4v) is 5.03. The molecule has 8 nitrogen and oxygen atoms in total. The Morgan fingerprint density at radius 1 is 1.00 bits per heavy atom. The predicted octanol–water partition coefficient (Wildman–Crippen LogP) is 2.49. The zero-order chi connectivity index (χ0) is 20.4. The molecule has 0 radical (unpaired) electrons. The zero-order valence-corrected chi connectivity index (χ0v) is 17.7. The van der Waals surface area contributed by atoms with Gasteiger partial charge in [0.15, 0.2) is 0 Å². The molecule has 29 heavy (non-hydrogen) atoms. The molecule has 0 bridgehead atoms. The summed E-state index contributed by atoms with van der Waals surface area (Å²) in [4.78, 5) is 38.9. The highest BCUT2D eigenvalue weighted by molar-refractivity contribution is 7.07. The lowest BCUT2D eigenvalue weighted by atomic mass is 9.83. The number of piperidine rings is 2. The van der Waals surface area contributed by atoms with Gasteiger partial charge in [0.1, 0.15) is 10.6 Å².